The summed E-state index contributed by atoms with van der Waals surface area (Å²) in [5, 5.41) is 3.09. The lowest BCUT2D eigenvalue weighted by Crippen LogP contribution is -2.53. The van der Waals surface area contributed by atoms with E-state index in [0.29, 0.717) is 39.1 Å². The van der Waals surface area contributed by atoms with E-state index in [0.717, 1.165) is 18.6 Å². The molecule has 0 radical (unpaired) electrons. The molecule has 1 saturated heterocycles. The van der Waals surface area contributed by atoms with Crippen molar-refractivity contribution in [3.05, 3.63) is 29.8 Å². The second-order valence-corrected chi connectivity index (χ2v) is 6.86. The molecule has 3 rings (SSSR count). The number of hydrogen-bond donors (Lipinski definition) is 1. The maximum absolute atomic E-state index is 12.5. The molecule has 136 valence electrons. The van der Waals surface area contributed by atoms with Crippen molar-refractivity contribution in [2.24, 2.45) is 0 Å². The highest BCUT2D eigenvalue weighted by Crippen LogP contribution is 2.50. The van der Waals surface area contributed by atoms with Crippen LogP contribution in [0.2, 0.25) is 0 Å². The van der Waals surface area contributed by atoms with Crippen LogP contribution >= 0.6 is 0 Å². The number of amides is 3. The van der Waals surface area contributed by atoms with Gasteiger partial charge in [-0.05, 0) is 18.9 Å². The Morgan fingerprint density at radius 3 is 2.36 bits per heavy atom. The number of benzene rings is 1. The molecule has 0 spiro atoms. The van der Waals surface area contributed by atoms with E-state index >= 15 is 0 Å². The molecule has 6 nitrogen and oxygen atoms in total. The number of methoxy groups -OCH3 is 1. The zero-order chi connectivity index (χ0) is 17.9. The summed E-state index contributed by atoms with van der Waals surface area (Å²) in [6.07, 6.45) is 2.65. The van der Waals surface area contributed by atoms with E-state index in [1.165, 1.54) is 5.56 Å². The number of carbonyl (C=O) groups excluding carboxylic acids is 2. The Morgan fingerprint density at radius 2 is 1.76 bits per heavy atom. The van der Waals surface area contributed by atoms with Gasteiger partial charge in [0.05, 0.1) is 7.11 Å². The zero-order valence-corrected chi connectivity index (χ0v) is 15.1. The number of rotatable bonds is 5. The lowest BCUT2D eigenvalue weighted by molar-refractivity contribution is -0.132. The van der Waals surface area contributed by atoms with Gasteiger partial charge in [0.25, 0.3) is 0 Å². The van der Waals surface area contributed by atoms with Gasteiger partial charge in [-0.2, -0.15) is 0 Å². The summed E-state index contributed by atoms with van der Waals surface area (Å²) < 4.78 is 5.48. The third kappa shape index (κ3) is 3.72. The molecule has 1 aromatic rings. The van der Waals surface area contributed by atoms with Gasteiger partial charge in [0.15, 0.2) is 0 Å². The van der Waals surface area contributed by atoms with Crippen molar-refractivity contribution in [2.45, 2.75) is 31.6 Å². The van der Waals surface area contributed by atoms with Crippen LogP contribution in [0, 0.1) is 0 Å². The number of nitrogens with one attached hydrogen (secondary N) is 1. The second-order valence-electron chi connectivity index (χ2n) is 6.86. The largest absolute Gasteiger partial charge is 0.496 e. The van der Waals surface area contributed by atoms with Crippen molar-refractivity contribution in [3.63, 3.8) is 0 Å². The summed E-state index contributed by atoms with van der Waals surface area (Å²) in [7, 11) is 1.69. The van der Waals surface area contributed by atoms with E-state index in [9.17, 15) is 9.59 Å². The maximum atomic E-state index is 12.5. The SMILES string of the molecule is CCC(=O)N1CCN(C(=O)NCC2(c3ccccc3OC)CC2)CC1. The highest BCUT2D eigenvalue weighted by molar-refractivity contribution is 5.77. The smallest absolute Gasteiger partial charge is 0.317 e. The van der Waals surface area contributed by atoms with E-state index in [1.54, 1.807) is 12.0 Å². The molecular weight excluding hydrogens is 318 g/mol. The minimum absolute atomic E-state index is 0.00224. The van der Waals surface area contributed by atoms with E-state index in [-0.39, 0.29) is 17.4 Å². The molecule has 1 aliphatic heterocycles. The maximum Gasteiger partial charge on any atom is 0.317 e. The Hall–Kier alpha value is -2.24. The molecule has 0 atom stereocenters. The van der Waals surface area contributed by atoms with Crippen molar-refractivity contribution < 1.29 is 14.3 Å². The molecule has 6 heteroatoms. The monoisotopic (exact) mass is 345 g/mol. The van der Waals surface area contributed by atoms with E-state index in [1.807, 2.05) is 30.0 Å². The molecule has 2 fully saturated rings. The van der Waals surface area contributed by atoms with Crippen molar-refractivity contribution in [1.82, 2.24) is 15.1 Å². The van der Waals surface area contributed by atoms with Crippen LogP contribution in [0.15, 0.2) is 24.3 Å². The predicted molar refractivity (Wildman–Crippen MR) is 95.7 cm³/mol. The molecule has 1 N–H and O–H groups in total. The van der Waals surface area contributed by atoms with Crippen LogP contribution in [0.1, 0.15) is 31.7 Å². The topological polar surface area (TPSA) is 61.9 Å². The van der Waals surface area contributed by atoms with Gasteiger partial charge < -0.3 is 19.9 Å². The third-order valence-electron chi connectivity index (χ3n) is 5.33. The highest BCUT2D eigenvalue weighted by atomic mass is 16.5. The number of carbonyl (C=O) groups is 2. The fourth-order valence-electron chi connectivity index (χ4n) is 3.51. The van der Waals surface area contributed by atoms with Crippen LogP contribution in [0.4, 0.5) is 4.79 Å². The zero-order valence-electron chi connectivity index (χ0n) is 15.1. The van der Waals surface area contributed by atoms with Crippen LogP contribution in [-0.4, -0.2) is 61.6 Å². The molecular formula is C19H27N3O3. The number of nitrogens with zero attached hydrogens (tertiary/aromatic N) is 2. The van der Waals surface area contributed by atoms with Crippen LogP contribution in [0.25, 0.3) is 0 Å². The molecule has 0 unspecified atom stereocenters. The van der Waals surface area contributed by atoms with Gasteiger partial charge in [0.2, 0.25) is 5.91 Å². The van der Waals surface area contributed by atoms with Crippen molar-refractivity contribution in [2.75, 3.05) is 39.8 Å². The van der Waals surface area contributed by atoms with Gasteiger partial charge in [-0.3, -0.25) is 4.79 Å². The third-order valence-corrected chi connectivity index (χ3v) is 5.33. The van der Waals surface area contributed by atoms with E-state index in [2.05, 4.69) is 11.4 Å². The molecule has 0 aromatic heterocycles. The van der Waals surface area contributed by atoms with Gasteiger partial charge >= 0.3 is 6.03 Å². The normalized spacial score (nSPS) is 18.6. The fourth-order valence-corrected chi connectivity index (χ4v) is 3.51. The quantitative estimate of drug-likeness (QED) is 0.888. The molecule has 1 saturated carbocycles. The summed E-state index contributed by atoms with van der Waals surface area (Å²) in [5.74, 6) is 1.05. The van der Waals surface area contributed by atoms with Gasteiger partial charge in [0.1, 0.15) is 5.75 Å². The standard InChI is InChI=1S/C19H27N3O3/c1-3-17(23)21-10-12-22(13-11-21)18(24)20-14-19(8-9-19)15-6-4-5-7-16(15)25-2/h4-7H,3,8-14H2,1-2H3,(H,20,24). The van der Waals surface area contributed by atoms with Gasteiger partial charge in [0, 0.05) is 50.1 Å². The molecule has 2 aliphatic rings. The van der Waals surface area contributed by atoms with Crippen molar-refractivity contribution >= 4 is 11.9 Å². The molecule has 3 amide bonds. The molecule has 1 heterocycles. The number of ether oxygens (including phenoxy) is 1. The van der Waals surface area contributed by atoms with Crippen LogP contribution in [0.3, 0.4) is 0 Å². The van der Waals surface area contributed by atoms with Gasteiger partial charge in [-0.25, -0.2) is 4.79 Å². The Morgan fingerprint density at radius 1 is 1.12 bits per heavy atom. The Balaban J connectivity index is 1.54. The van der Waals surface area contributed by atoms with Crippen molar-refractivity contribution in [3.8, 4) is 5.75 Å². The lowest BCUT2D eigenvalue weighted by atomic mass is 9.95. The van der Waals surface area contributed by atoms with E-state index < -0.39 is 0 Å². The first-order valence-electron chi connectivity index (χ1n) is 9.03. The van der Waals surface area contributed by atoms with Gasteiger partial charge in [-0.1, -0.05) is 25.1 Å². The van der Waals surface area contributed by atoms with Gasteiger partial charge in [-0.15, -0.1) is 0 Å². The van der Waals surface area contributed by atoms with Crippen molar-refractivity contribution in [1.29, 1.82) is 0 Å². The van der Waals surface area contributed by atoms with Crippen LogP contribution in [0.5, 0.6) is 5.75 Å². The van der Waals surface area contributed by atoms with Crippen LogP contribution in [-0.2, 0) is 10.2 Å². The summed E-state index contributed by atoms with van der Waals surface area (Å²) in [4.78, 5) is 27.8. The first kappa shape index (κ1) is 17.6. The summed E-state index contributed by atoms with van der Waals surface area (Å²) in [5.41, 5.74) is 1.18. The lowest BCUT2D eigenvalue weighted by Gasteiger charge is -2.35. The van der Waals surface area contributed by atoms with E-state index in [4.69, 9.17) is 4.74 Å². The number of para-hydroxylation sites is 1. The predicted octanol–water partition coefficient (Wildman–Crippen LogP) is 1.99. The molecule has 0 bridgehead atoms. The Bertz CT molecular complexity index is 635. The first-order valence-corrected chi connectivity index (χ1v) is 9.03. The number of piperazine rings is 1. The average Bonchev–Trinajstić information content (AvgIpc) is 3.46. The first-order chi connectivity index (χ1) is 12.1. The summed E-state index contributed by atoms with van der Waals surface area (Å²) in [6.45, 7) is 4.93. The Labute approximate surface area is 149 Å². The van der Waals surface area contributed by atoms with Crippen LogP contribution < -0.4 is 10.1 Å². The highest BCUT2D eigenvalue weighted by Gasteiger charge is 2.46. The fraction of sp³-hybridized carbons (Fsp3) is 0.579. The number of urea groups is 1. The Kier molecular flexibility index (Phi) is 5.16. The summed E-state index contributed by atoms with van der Waals surface area (Å²) >= 11 is 0. The average molecular weight is 345 g/mol. The minimum atomic E-state index is -0.0372. The molecule has 1 aromatic carbocycles. The number of hydrogen-bond acceptors (Lipinski definition) is 3. The minimum Gasteiger partial charge on any atom is -0.496 e. The molecule has 25 heavy (non-hydrogen) atoms. The molecule has 1 aliphatic carbocycles. The second kappa shape index (κ2) is 7.33. The summed E-state index contributed by atoms with van der Waals surface area (Å²) in [6, 6.07) is 8.01.